The van der Waals surface area contributed by atoms with Gasteiger partial charge >= 0.3 is 0 Å². The van der Waals surface area contributed by atoms with E-state index in [0.29, 0.717) is 22.2 Å². The molecule has 0 unspecified atom stereocenters. The fraction of sp³-hybridized carbons (Fsp3) is 0.355. The molecule has 0 fully saturated rings. The average Bonchev–Trinajstić information content (AvgIpc) is 2.95. The maximum absolute atomic E-state index is 13.9. The summed E-state index contributed by atoms with van der Waals surface area (Å²) in [5.41, 5.74) is 1.37. The molecule has 7 nitrogen and oxygen atoms in total. The molecule has 3 aromatic carbocycles. The lowest BCUT2D eigenvalue weighted by Gasteiger charge is -2.32. The lowest BCUT2D eigenvalue weighted by Crippen LogP contribution is -2.50. The van der Waals surface area contributed by atoms with Gasteiger partial charge < -0.3 is 10.2 Å². The highest BCUT2D eigenvalue weighted by Gasteiger charge is 2.31. The van der Waals surface area contributed by atoms with Crippen LogP contribution in [0.25, 0.3) is 0 Å². The molecule has 0 saturated heterocycles. The average molecular weight is 655 g/mol. The van der Waals surface area contributed by atoms with E-state index in [9.17, 15) is 26.8 Å². The Hall–Kier alpha value is -3.21. The molecule has 232 valence electrons. The van der Waals surface area contributed by atoms with Crippen LogP contribution in [0.1, 0.15) is 43.7 Å². The molecule has 43 heavy (non-hydrogen) atoms. The number of benzene rings is 3. The Morgan fingerprint density at radius 3 is 2.30 bits per heavy atom. The van der Waals surface area contributed by atoms with E-state index >= 15 is 0 Å². The third-order valence-corrected chi connectivity index (χ3v) is 8.58. The van der Waals surface area contributed by atoms with Gasteiger partial charge in [-0.3, -0.25) is 13.9 Å². The van der Waals surface area contributed by atoms with Crippen molar-refractivity contribution in [3.05, 3.63) is 99.5 Å². The smallest absolute Gasteiger partial charge is 0.243 e. The number of anilines is 1. The molecule has 0 radical (unpaired) electrons. The molecule has 0 aromatic heterocycles. The van der Waals surface area contributed by atoms with Crippen LogP contribution in [0.5, 0.6) is 0 Å². The largest absolute Gasteiger partial charge is 0.354 e. The van der Waals surface area contributed by atoms with Gasteiger partial charge in [-0.25, -0.2) is 17.2 Å². The fourth-order valence-electron chi connectivity index (χ4n) is 4.54. The van der Waals surface area contributed by atoms with E-state index in [1.165, 1.54) is 4.90 Å². The molecule has 2 amide bonds. The zero-order chi connectivity index (χ0) is 31.6. The van der Waals surface area contributed by atoms with E-state index in [1.807, 2.05) is 37.3 Å². The highest BCUT2D eigenvalue weighted by Crippen LogP contribution is 2.25. The summed E-state index contributed by atoms with van der Waals surface area (Å²) in [5, 5.41) is 3.68. The number of unbranched alkanes of at least 4 members (excludes halogenated alkanes) is 1. The third-order valence-electron chi connectivity index (χ3n) is 6.80. The highest BCUT2D eigenvalue weighted by atomic mass is 35.5. The zero-order valence-electron chi connectivity index (χ0n) is 24.0. The Morgan fingerprint density at radius 1 is 0.953 bits per heavy atom. The van der Waals surface area contributed by atoms with Gasteiger partial charge in [0.05, 0.1) is 11.9 Å². The van der Waals surface area contributed by atoms with Crippen LogP contribution in [-0.2, 0) is 32.6 Å². The maximum atomic E-state index is 13.9. The summed E-state index contributed by atoms with van der Waals surface area (Å²) in [4.78, 5) is 28.9. The number of carbonyl (C=O) groups is 2. The van der Waals surface area contributed by atoms with Crippen molar-refractivity contribution in [2.75, 3.05) is 23.7 Å². The van der Waals surface area contributed by atoms with Gasteiger partial charge in [0.25, 0.3) is 0 Å². The standard InChI is InChI=1S/C31H35Cl2F2N3O4S/c1-3-4-16-36-31(40)29(18-22-9-6-5-7-10-22)37(21-23-12-13-24(32)19-26(23)33)30(39)11-8-17-38(43(2,41)42)25-14-15-27(34)28(35)20-25/h5-7,9-10,12-15,19-20,29H,3-4,8,11,16-18,21H2,1-2H3,(H,36,40)/t29-/m1/s1. The van der Waals surface area contributed by atoms with E-state index in [1.54, 1.807) is 18.2 Å². The monoisotopic (exact) mass is 653 g/mol. The van der Waals surface area contributed by atoms with Crippen LogP contribution < -0.4 is 9.62 Å². The van der Waals surface area contributed by atoms with Gasteiger partial charge in [-0.2, -0.15) is 0 Å². The van der Waals surface area contributed by atoms with E-state index in [4.69, 9.17) is 23.2 Å². The first-order valence-corrected chi connectivity index (χ1v) is 16.5. The molecule has 12 heteroatoms. The van der Waals surface area contributed by atoms with Gasteiger partial charge in [0.2, 0.25) is 21.8 Å². The summed E-state index contributed by atoms with van der Waals surface area (Å²) in [7, 11) is -3.88. The molecule has 1 N–H and O–H groups in total. The van der Waals surface area contributed by atoms with Crippen molar-refractivity contribution in [1.29, 1.82) is 0 Å². The molecule has 0 bridgehead atoms. The van der Waals surface area contributed by atoms with Crippen molar-refractivity contribution in [3.63, 3.8) is 0 Å². The van der Waals surface area contributed by atoms with E-state index in [2.05, 4.69) is 5.32 Å². The summed E-state index contributed by atoms with van der Waals surface area (Å²) in [5.74, 6) is -3.02. The Labute approximate surface area is 261 Å². The van der Waals surface area contributed by atoms with Crippen molar-refractivity contribution < 1.29 is 26.8 Å². The molecule has 0 spiro atoms. The van der Waals surface area contributed by atoms with Crippen LogP contribution in [0.3, 0.4) is 0 Å². The molecule has 0 aliphatic carbocycles. The third kappa shape index (κ3) is 10.2. The van der Waals surface area contributed by atoms with Crippen LogP contribution in [0, 0.1) is 11.6 Å². The number of nitrogens with one attached hydrogen (secondary N) is 1. The van der Waals surface area contributed by atoms with Gasteiger partial charge in [-0.1, -0.05) is 72.9 Å². The van der Waals surface area contributed by atoms with Gasteiger partial charge in [0, 0.05) is 48.6 Å². The molecule has 3 rings (SSSR count). The van der Waals surface area contributed by atoms with Crippen molar-refractivity contribution >= 4 is 50.7 Å². The van der Waals surface area contributed by atoms with Crippen LogP contribution in [-0.4, -0.2) is 50.5 Å². The summed E-state index contributed by atoms with van der Waals surface area (Å²) in [6, 6.07) is 16.1. The molecular formula is C31H35Cl2F2N3O4S. The Balaban J connectivity index is 1.90. The number of hydrogen-bond acceptors (Lipinski definition) is 4. The first kappa shape index (κ1) is 34.3. The Morgan fingerprint density at radius 2 is 1.67 bits per heavy atom. The maximum Gasteiger partial charge on any atom is 0.243 e. The van der Waals surface area contributed by atoms with Gasteiger partial charge in [-0.05, 0) is 48.2 Å². The minimum atomic E-state index is -3.88. The van der Waals surface area contributed by atoms with Crippen molar-refractivity contribution in [3.8, 4) is 0 Å². The van der Waals surface area contributed by atoms with Crippen LogP contribution in [0.4, 0.5) is 14.5 Å². The van der Waals surface area contributed by atoms with Crippen LogP contribution in [0.15, 0.2) is 66.7 Å². The predicted octanol–water partition coefficient (Wildman–Crippen LogP) is 6.37. The first-order valence-electron chi connectivity index (χ1n) is 13.9. The highest BCUT2D eigenvalue weighted by molar-refractivity contribution is 7.92. The van der Waals surface area contributed by atoms with Gasteiger partial charge in [0.1, 0.15) is 6.04 Å². The second-order valence-electron chi connectivity index (χ2n) is 10.1. The molecule has 0 saturated carbocycles. The van der Waals surface area contributed by atoms with E-state index in [0.717, 1.165) is 47.2 Å². The molecule has 0 aliphatic heterocycles. The van der Waals surface area contributed by atoms with E-state index in [-0.39, 0.29) is 43.9 Å². The summed E-state index contributed by atoms with van der Waals surface area (Å²) in [6.07, 6.45) is 2.74. The van der Waals surface area contributed by atoms with Crippen LogP contribution >= 0.6 is 23.2 Å². The summed E-state index contributed by atoms with van der Waals surface area (Å²) in [6.45, 7) is 2.29. The summed E-state index contributed by atoms with van der Waals surface area (Å²) < 4.78 is 53.3. The Bertz CT molecular complexity index is 1510. The topological polar surface area (TPSA) is 86.8 Å². The normalized spacial score (nSPS) is 12.0. The SMILES string of the molecule is CCCCNC(=O)[C@@H](Cc1ccccc1)N(Cc1ccc(Cl)cc1Cl)C(=O)CCCN(c1ccc(F)c(F)c1)S(C)(=O)=O. The minimum absolute atomic E-state index is 0.00645. The molecular weight excluding hydrogens is 619 g/mol. The first-order chi connectivity index (χ1) is 20.4. The van der Waals surface area contributed by atoms with Gasteiger partial charge in [-0.15, -0.1) is 0 Å². The zero-order valence-corrected chi connectivity index (χ0v) is 26.4. The van der Waals surface area contributed by atoms with Gasteiger partial charge in [0.15, 0.2) is 11.6 Å². The van der Waals surface area contributed by atoms with Crippen LogP contribution in [0.2, 0.25) is 10.0 Å². The predicted molar refractivity (Wildman–Crippen MR) is 167 cm³/mol. The second-order valence-corrected chi connectivity index (χ2v) is 12.9. The molecule has 1 atom stereocenters. The van der Waals surface area contributed by atoms with Crippen molar-refractivity contribution in [1.82, 2.24) is 10.2 Å². The number of halogens is 4. The number of amides is 2. The second kappa shape index (κ2) is 16.0. The number of nitrogens with zero attached hydrogens (tertiary/aromatic N) is 2. The molecule has 0 heterocycles. The molecule has 3 aromatic rings. The minimum Gasteiger partial charge on any atom is -0.354 e. The fourth-order valence-corrected chi connectivity index (χ4v) is 5.96. The lowest BCUT2D eigenvalue weighted by atomic mass is 10.0. The lowest BCUT2D eigenvalue weighted by molar-refractivity contribution is -0.141. The summed E-state index contributed by atoms with van der Waals surface area (Å²) >= 11 is 12.5. The molecule has 0 aliphatic rings. The number of hydrogen-bond donors (Lipinski definition) is 1. The van der Waals surface area contributed by atoms with Crippen molar-refractivity contribution in [2.45, 2.75) is 51.6 Å². The number of carbonyl (C=O) groups excluding carboxylic acids is 2. The quantitative estimate of drug-likeness (QED) is 0.193. The number of sulfonamides is 1. The van der Waals surface area contributed by atoms with E-state index < -0.39 is 33.6 Å². The Kier molecular flexibility index (Phi) is 12.8. The van der Waals surface area contributed by atoms with Crippen molar-refractivity contribution in [2.24, 2.45) is 0 Å². The number of rotatable bonds is 15.